The molecule has 3 N–H and O–H groups in total. The normalized spacial score (nSPS) is 19.9. The number of rotatable bonds is 10. The largest absolute Gasteiger partial charge is 0.391 e. The van der Waals surface area contributed by atoms with Crippen molar-refractivity contribution in [3.8, 4) is 0 Å². The highest BCUT2D eigenvalue weighted by atomic mass is 16.3. The standard InChI is InChI=1S/C29H42N4O3/c1-30-28(35)22(16-20-10-4-2-5-11-20)18-27(34)25(17-21-12-6-3-7-13-21)33-29(36)26-19-31-23-14-8-9-15-24(23)32-26/h8-9,14-15,19-22,25,27,34H,2-7,10-13,16-18H2,1H3,(H,30,35)(H,33,36)/t22-,25?,27+/m1/s1. The van der Waals surface area contributed by atoms with Gasteiger partial charge in [-0.15, -0.1) is 0 Å². The zero-order valence-electron chi connectivity index (χ0n) is 21.6. The second kappa shape index (κ2) is 13.1. The number of carbonyl (C=O) groups is 2. The molecule has 36 heavy (non-hydrogen) atoms. The van der Waals surface area contributed by atoms with Crippen molar-refractivity contribution in [3.63, 3.8) is 0 Å². The molecule has 1 aromatic carbocycles. The second-order valence-electron chi connectivity index (χ2n) is 10.9. The molecule has 0 aliphatic heterocycles. The van der Waals surface area contributed by atoms with Gasteiger partial charge in [-0.1, -0.05) is 76.3 Å². The number of aliphatic hydroxyl groups is 1. The fraction of sp³-hybridized carbons (Fsp3) is 0.655. The van der Waals surface area contributed by atoms with Crippen LogP contribution in [0.1, 0.15) is 94.0 Å². The summed E-state index contributed by atoms with van der Waals surface area (Å²) in [5.41, 5.74) is 1.66. The van der Waals surface area contributed by atoms with Gasteiger partial charge < -0.3 is 15.7 Å². The van der Waals surface area contributed by atoms with Crippen LogP contribution in [0.2, 0.25) is 0 Å². The van der Waals surface area contributed by atoms with Gasteiger partial charge in [-0.3, -0.25) is 14.6 Å². The molecule has 7 heteroatoms. The molecule has 2 fully saturated rings. The summed E-state index contributed by atoms with van der Waals surface area (Å²) in [6.07, 6.45) is 14.5. The SMILES string of the molecule is CNC(=O)[C@H](CC1CCCCC1)C[C@H](O)C(CC1CCCCC1)NC(=O)c1cnc2ccccc2n1. The maximum Gasteiger partial charge on any atom is 0.271 e. The zero-order valence-corrected chi connectivity index (χ0v) is 21.6. The molecule has 4 rings (SSSR count). The number of nitrogens with one attached hydrogen (secondary N) is 2. The Balaban J connectivity index is 1.48. The highest BCUT2D eigenvalue weighted by Crippen LogP contribution is 2.33. The number of para-hydroxylation sites is 2. The van der Waals surface area contributed by atoms with Crippen molar-refractivity contribution in [3.05, 3.63) is 36.2 Å². The Hall–Kier alpha value is -2.54. The fourth-order valence-corrected chi connectivity index (χ4v) is 6.20. The molecule has 0 radical (unpaired) electrons. The number of benzene rings is 1. The Labute approximate surface area is 214 Å². The predicted octanol–water partition coefficient (Wildman–Crippen LogP) is 4.78. The minimum atomic E-state index is -0.796. The average molecular weight is 495 g/mol. The Kier molecular flexibility index (Phi) is 9.67. The molecular weight excluding hydrogens is 452 g/mol. The number of hydrogen-bond donors (Lipinski definition) is 3. The first-order valence-electron chi connectivity index (χ1n) is 14.0. The lowest BCUT2D eigenvalue weighted by Crippen LogP contribution is -2.46. The Bertz CT molecular complexity index is 1000. The number of fused-ring (bicyclic) bond motifs is 1. The van der Waals surface area contributed by atoms with Crippen LogP contribution in [0.5, 0.6) is 0 Å². The van der Waals surface area contributed by atoms with Gasteiger partial charge in [-0.2, -0.15) is 0 Å². The molecule has 3 atom stereocenters. The summed E-state index contributed by atoms with van der Waals surface area (Å²) in [4.78, 5) is 34.9. The zero-order chi connectivity index (χ0) is 25.3. The number of hydrogen-bond acceptors (Lipinski definition) is 5. The summed E-state index contributed by atoms with van der Waals surface area (Å²) in [6, 6.07) is 7.05. The van der Waals surface area contributed by atoms with E-state index in [0.29, 0.717) is 23.8 Å². The van der Waals surface area contributed by atoms with E-state index in [4.69, 9.17) is 0 Å². The van der Waals surface area contributed by atoms with Crippen LogP contribution in [0.25, 0.3) is 11.0 Å². The first-order chi connectivity index (χ1) is 17.5. The molecule has 0 bridgehead atoms. The van der Waals surface area contributed by atoms with E-state index in [-0.39, 0.29) is 23.4 Å². The van der Waals surface area contributed by atoms with E-state index < -0.39 is 12.1 Å². The topological polar surface area (TPSA) is 104 Å². The quantitative estimate of drug-likeness (QED) is 0.441. The Morgan fingerprint density at radius 2 is 1.56 bits per heavy atom. The van der Waals surface area contributed by atoms with Gasteiger partial charge in [0.25, 0.3) is 5.91 Å². The summed E-state index contributed by atoms with van der Waals surface area (Å²) in [7, 11) is 1.67. The summed E-state index contributed by atoms with van der Waals surface area (Å²) in [6.45, 7) is 0. The maximum atomic E-state index is 13.2. The van der Waals surface area contributed by atoms with Crippen molar-refractivity contribution in [2.24, 2.45) is 17.8 Å². The summed E-state index contributed by atoms with van der Waals surface area (Å²) >= 11 is 0. The molecule has 7 nitrogen and oxygen atoms in total. The third kappa shape index (κ3) is 7.25. The van der Waals surface area contributed by atoms with E-state index >= 15 is 0 Å². The van der Waals surface area contributed by atoms with Gasteiger partial charge in [-0.25, -0.2) is 4.98 Å². The molecule has 2 aliphatic rings. The van der Waals surface area contributed by atoms with E-state index in [9.17, 15) is 14.7 Å². The molecule has 2 aliphatic carbocycles. The molecule has 1 unspecified atom stereocenters. The van der Waals surface area contributed by atoms with Crippen LogP contribution < -0.4 is 10.6 Å². The lowest BCUT2D eigenvalue weighted by atomic mass is 9.79. The second-order valence-corrected chi connectivity index (χ2v) is 10.9. The summed E-state index contributed by atoms with van der Waals surface area (Å²) < 4.78 is 0. The number of aliphatic hydroxyl groups excluding tert-OH is 1. The first kappa shape index (κ1) is 26.5. The minimum absolute atomic E-state index is 0.0113. The van der Waals surface area contributed by atoms with Crippen molar-refractivity contribution in [2.45, 2.75) is 95.6 Å². The highest BCUT2D eigenvalue weighted by Gasteiger charge is 2.32. The number of nitrogens with zero attached hydrogens (tertiary/aromatic N) is 2. The van der Waals surface area contributed by atoms with Gasteiger partial charge in [0.1, 0.15) is 5.69 Å². The van der Waals surface area contributed by atoms with Crippen LogP contribution in [0, 0.1) is 17.8 Å². The van der Waals surface area contributed by atoms with Crippen molar-refractivity contribution < 1.29 is 14.7 Å². The monoisotopic (exact) mass is 494 g/mol. The van der Waals surface area contributed by atoms with Crippen LogP contribution in [-0.2, 0) is 4.79 Å². The van der Waals surface area contributed by atoms with E-state index in [1.165, 1.54) is 44.7 Å². The van der Waals surface area contributed by atoms with Crippen LogP contribution in [-0.4, -0.2) is 46.1 Å². The minimum Gasteiger partial charge on any atom is -0.391 e. The van der Waals surface area contributed by atoms with E-state index in [1.54, 1.807) is 7.05 Å². The van der Waals surface area contributed by atoms with E-state index in [2.05, 4.69) is 20.6 Å². The van der Waals surface area contributed by atoms with Gasteiger partial charge in [0, 0.05) is 13.0 Å². The van der Waals surface area contributed by atoms with Crippen LogP contribution in [0.4, 0.5) is 0 Å². The highest BCUT2D eigenvalue weighted by molar-refractivity contribution is 5.94. The average Bonchev–Trinajstić information content (AvgIpc) is 2.92. The lowest BCUT2D eigenvalue weighted by molar-refractivity contribution is -0.126. The molecule has 196 valence electrons. The summed E-state index contributed by atoms with van der Waals surface area (Å²) in [5.74, 6) is 0.421. The van der Waals surface area contributed by atoms with Crippen LogP contribution in [0.15, 0.2) is 30.5 Å². The van der Waals surface area contributed by atoms with E-state index in [1.807, 2.05) is 24.3 Å². The fourth-order valence-electron chi connectivity index (χ4n) is 6.20. The predicted molar refractivity (Wildman–Crippen MR) is 141 cm³/mol. The third-order valence-corrected chi connectivity index (χ3v) is 8.26. The molecular formula is C29H42N4O3. The van der Waals surface area contributed by atoms with Gasteiger partial charge in [0.15, 0.2) is 0 Å². The molecule has 0 spiro atoms. The number of amides is 2. The molecule has 1 aromatic heterocycles. The van der Waals surface area contributed by atoms with Crippen molar-refractivity contribution in [1.82, 2.24) is 20.6 Å². The number of carbonyl (C=O) groups excluding carboxylic acids is 2. The maximum absolute atomic E-state index is 13.2. The number of aromatic nitrogens is 2. The lowest BCUT2D eigenvalue weighted by Gasteiger charge is -2.32. The van der Waals surface area contributed by atoms with Gasteiger partial charge in [0.05, 0.1) is 29.4 Å². The van der Waals surface area contributed by atoms with Crippen LogP contribution in [0.3, 0.4) is 0 Å². The Morgan fingerprint density at radius 1 is 0.944 bits per heavy atom. The third-order valence-electron chi connectivity index (χ3n) is 8.26. The Morgan fingerprint density at radius 3 is 2.19 bits per heavy atom. The van der Waals surface area contributed by atoms with Crippen LogP contribution >= 0.6 is 0 Å². The van der Waals surface area contributed by atoms with Crippen molar-refractivity contribution >= 4 is 22.8 Å². The van der Waals surface area contributed by atoms with Gasteiger partial charge >= 0.3 is 0 Å². The molecule has 2 aromatic rings. The van der Waals surface area contributed by atoms with Crippen molar-refractivity contribution in [2.75, 3.05) is 7.05 Å². The van der Waals surface area contributed by atoms with Gasteiger partial charge in [-0.05, 0) is 43.2 Å². The van der Waals surface area contributed by atoms with Crippen molar-refractivity contribution in [1.29, 1.82) is 0 Å². The summed E-state index contributed by atoms with van der Waals surface area (Å²) in [5, 5.41) is 17.3. The molecule has 0 saturated heterocycles. The van der Waals surface area contributed by atoms with Gasteiger partial charge in [0.2, 0.25) is 5.91 Å². The smallest absolute Gasteiger partial charge is 0.271 e. The molecule has 2 amide bonds. The molecule has 2 saturated carbocycles. The van der Waals surface area contributed by atoms with E-state index in [0.717, 1.165) is 44.0 Å². The first-order valence-corrected chi connectivity index (χ1v) is 14.0. The molecule has 1 heterocycles.